The van der Waals surface area contributed by atoms with Gasteiger partial charge in [0.05, 0.1) is 13.1 Å². The van der Waals surface area contributed by atoms with Crippen LogP contribution in [-0.4, -0.2) is 48.2 Å². The summed E-state index contributed by atoms with van der Waals surface area (Å²) in [5.41, 5.74) is 2.43. The Morgan fingerprint density at radius 1 is 1.10 bits per heavy atom. The van der Waals surface area contributed by atoms with Crippen LogP contribution in [0, 0.1) is 6.92 Å². The van der Waals surface area contributed by atoms with Gasteiger partial charge in [-0.15, -0.1) is 0 Å². The summed E-state index contributed by atoms with van der Waals surface area (Å²) < 4.78 is 19.3. The van der Waals surface area contributed by atoms with Crippen molar-refractivity contribution in [2.24, 2.45) is 0 Å². The number of aryl methyl sites for hydroxylation is 1. The second-order valence-corrected chi connectivity index (χ2v) is 6.65. The molecule has 2 atom stereocenters. The normalized spacial score (nSPS) is 12.6. The fourth-order valence-corrected chi connectivity index (χ4v) is 2.65. The van der Waals surface area contributed by atoms with E-state index < -0.39 is 31.0 Å². The number of rotatable bonds is 9. The number of nitrogens with one attached hydrogen (secondary N) is 2. The molecule has 0 radical (unpaired) electrons. The lowest BCUT2D eigenvalue weighted by Crippen LogP contribution is -2.52. The highest BCUT2D eigenvalue weighted by Gasteiger charge is 2.32. The summed E-state index contributed by atoms with van der Waals surface area (Å²) >= 11 is 0. The molecule has 9 heteroatoms. The molecule has 0 heterocycles. The van der Waals surface area contributed by atoms with Gasteiger partial charge in [0.2, 0.25) is 0 Å². The maximum atomic E-state index is 14.2. The van der Waals surface area contributed by atoms with Gasteiger partial charge in [0.15, 0.2) is 0 Å². The minimum Gasteiger partial charge on any atom is -0.497 e. The average molecular weight is 402 g/mol. The predicted molar refractivity (Wildman–Crippen MR) is 107 cm³/mol. The van der Waals surface area contributed by atoms with Crippen LogP contribution in [0.25, 0.3) is 0 Å². The van der Waals surface area contributed by atoms with E-state index in [0.717, 1.165) is 11.1 Å². The van der Waals surface area contributed by atoms with Crippen molar-refractivity contribution in [3.05, 3.63) is 65.2 Å². The summed E-state index contributed by atoms with van der Waals surface area (Å²) in [4.78, 5) is 24.0. The molecule has 0 bridgehead atoms. The fraction of sp³-hybridized carbons (Fsp3) is 0.300. The molecule has 0 saturated carbocycles. The lowest BCUT2D eigenvalue weighted by atomic mass is 9.75. The van der Waals surface area contributed by atoms with Crippen LogP contribution in [0.1, 0.15) is 16.7 Å². The Bertz CT molecular complexity index is 832. The fourth-order valence-electron chi connectivity index (χ4n) is 2.65. The Morgan fingerprint density at radius 3 is 2.41 bits per heavy atom. The van der Waals surface area contributed by atoms with Gasteiger partial charge in [-0.25, -0.2) is 4.39 Å². The SMILES string of the molecule is COc1cccc(CNC(=O)C(F)C(=O)N[C@@H](Cc2ccc(C)cc2)B(O)O)c1. The van der Waals surface area contributed by atoms with E-state index in [4.69, 9.17) is 4.74 Å². The number of carbonyl (C=O) groups is 2. The third-order valence-corrected chi connectivity index (χ3v) is 4.33. The number of benzene rings is 2. The van der Waals surface area contributed by atoms with Crippen molar-refractivity contribution in [2.45, 2.75) is 32.0 Å². The molecular formula is C20H24BFN2O5. The first-order valence-corrected chi connectivity index (χ1v) is 9.07. The van der Waals surface area contributed by atoms with Crippen molar-refractivity contribution < 1.29 is 28.8 Å². The van der Waals surface area contributed by atoms with Gasteiger partial charge in [-0.2, -0.15) is 0 Å². The third kappa shape index (κ3) is 6.88. The molecular weight excluding hydrogens is 378 g/mol. The maximum Gasteiger partial charge on any atom is 0.475 e. The number of amides is 2. The van der Waals surface area contributed by atoms with Crippen LogP contribution in [0.5, 0.6) is 5.75 Å². The standard InChI is InChI=1S/C20H24BFN2O5/c1-13-6-8-14(9-7-13)11-17(21(27)28)24-20(26)18(22)19(25)23-12-15-4-3-5-16(10-15)29-2/h3-10,17-18,27-28H,11-12H2,1-2H3,(H,23,25)(H,24,26)/t17-,18?/m0/s1. The van der Waals surface area contributed by atoms with Gasteiger partial charge >= 0.3 is 7.12 Å². The van der Waals surface area contributed by atoms with E-state index in [9.17, 15) is 24.0 Å². The first-order valence-electron chi connectivity index (χ1n) is 9.07. The summed E-state index contributed by atoms with van der Waals surface area (Å²) in [7, 11) is -0.408. The molecule has 0 saturated heterocycles. The van der Waals surface area contributed by atoms with Crippen molar-refractivity contribution in [2.75, 3.05) is 7.11 Å². The zero-order chi connectivity index (χ0) is 21.4. The highest BCUT2D eigenvalue weighted by atomic mass is 19.1. The summed E-state index contributed by atoms with van der Waals surface area (Å²) in [5.74, 6) is -2.93. The highest BCUT2D eigenvalue weighted by Crippen LogP contribution is 2.12. The van der Waals surface area contributed by atoms with Gasteiger partial charge in [-0.3, -0.25) is 9.59 Å². The number of hydrogen-bond donors (Lipinski definition) is 4. The molecule has 2 rings (SSSR count). The second-order valence-electron chi connectivity index (χ2n) is 6.65. The Labute approximate surface area is 169 Å². The van der Waals surface area contributed by atoms with Crippen LogP contribution < -0.4 is 15.4 Å². The molecule has 0 aromatic heterocycles. The largest absolute Gasteiger partial charge is 0.497 e. The Balaban J connectivity index is 1.92. The number of hydrogen-bond acceptors (Lipinski definition) is 5. The summed E-state index contributed by atoms with van der Waals surface area (Å²) in [6, 6.07) is 14.0. The summed E-state index contributed by atoms with van der Waals surface area (Å²) in [6.45, 7) is 1.92. The number of alkyl halides is 1. The third-order valence-electron chi connectivity index (χ3n) is 4.33. The summed E-state index contributed by atoms with van der Waals surface area (Å²) in [5, 5.41) is 23.5. The molecule has 2 amide bonds. The average Bonchev–Trinajstić information content (AvgIpc) is 2.72. The lowest BCUT2D eigenvalue weighted by molar-refractivity contribution is -0.136. The molecule has 7 nitrogen and oxygen atoms in total. The van der Waals surface area contributed by atoms with Crippen molar-refractivity contribution in [3.63, 3.8) is 0 Å². The minimum absolute atomic E-state index is 0.0130. The van der Waals surface area contributed by atoms with E-state index in [0.29, 0.717) is 11.3 Å². The van der Waals surface area contributed by atoms with Crippen molar-refractivity contribution in [3.8, 4) is 5.75 Å². The monoisotopic (exact) mass is 402 g/mol. The van der Waals surface area contributed by atoms with Crippen LogP contribution in [0.3, 0.4) is 0 Å². The van der Waals surface area contributed by atoms with Gasteiger partial charge < -0.3 is 25.4 Å². The molecule has 4 N–H and O–H groups in total. The number of halogens is 1. The predicted octanol–water partition coefficient (Wildman–Crippen LogP) is 0.697. The van der Waals surface area contributed by atoms with Crippen molar-refractivity contribution >= 4 is 18.9 Å². The molecule has 1 unspecified atom stereocenters. The minimum atomic E-state index is -2.49. The number of ether oxygens (including phenoxy) is 1. The number of methoxy groups -OCH3 is 1. The molecule has 0 aliphatic carbocycles. The van der Waals surface area contributed by atoms with Gasteiger partial charge in [0.1, 0.15) is 5.75 Å². The van der Waals surface area contributed by atoms with E-state index in [1.165, 1.54) is 7.11 Å². The van der Waals surface area contributed by atoms with Crippen molar-refractivity contribution in [1.29, 1.82) is 0 Å². The van der Waals surface area contributed by atoms with Gasteiger partial charge in [0.25, 0.3) is 18.0 Å². The van der Waals surface area contributed by atoms with Crippen LogP contribution >= 0.6 is 0 Å². The molecule has 154 valence electrons. The smallest absolute Gasteiger partial charge is 0.475 e. The molecule has 0 spiro atoms. The highest BCUT2D eigenvalue weighted by molar-refractivity contribution is 6.43. The van der Waals surface area contributed by atoms with E-state index in [1.807, 2.05) is 19.1 Å². The lowest BCUT2D eigenvalue weighted by Gasteiger charge is -2.19. The van der Waals surface area contributed by atoms with E-state index in [1.54, 1.807) is 36.4 Å². The first kappa shape index (κ1) is 22.4. The van der Waals surface area contributed by atoms with Crippen LogP contribution in [-0.2, 0) is 22.6 Å². The maximum absolute atomic E-state index is 14.2. The quantitative estimate of drug-likeness (QED) is 0.365. The molecule has 0 aliphatic heterocycles. The zero-order valence-corrected chi connectivity index (χ0v) is 16.3. The van der Waals surface area contributed by atoms with E-state index >= 15 is 0 Å². The first-order chi connectivity index (χ1) is 13.8. The second kappa shape index (κ2) is 10.6. The molecule has 29 heavy (non-hydrogen) atoms. The Morgan fingerprint density at radius 2 is 1.79 bits per heavy atom. The van der Waals surface area contributed by atoms with Gasteiger partial charge in [-0.1, -0.05) is 42.0 Å². The number of carbonyl (C=O) groups excluding carboxylic acids is 2. The van der Waals surface area contributed by atoms with E-state index in [2.05, 4.69) is 10.6 Å². The topological polar surface area (TPSA) is 108 Å². The van der Waals surface area contributed by atoms with E-state index in [-0.39, 0.29) is 13.0 Å². The van der Waals surface area contributed by atoms with Crippen molar-refractivity contribution in [1.82, 2.24) is 10.6 Å². The summed E-state index contributed by atoms with van der Waals surface area (Å²) in [6.07, 6.45) is -2.41. The molecule has 0 fully saturated rings. The zero-order valence-electron chi connectivity index (χ0n) is 16.3. The van der Waals surface area contributed by atoms with Crippen LogP contribution in [0.4, 0.5) is 4.39 Å². The van der Waals surface area contributed by atoms with Gasteiger partial charge in [-0.05, 0) is 36.6 Å². The Kier molecular flexibility index (Phi) is 8.17. The molecule has 2 aromatic carbocycles. The Hall–Kier alpha value is -2.91. The molecule has 2 aromatic rings. The van der Waals surface area contributed by atoms with Gasteiger partial charge in [0, 0.05) is 6.54 Å². The molecule has 0 aliphatic rings. The van der Waals surface area contributed by atoms with Crippen LogP contribution in [0.15, 0.2) is 48.5 Å². The van der Waals surface area contributed by atoms with Crippen LogP contribution in [0.2, 0.25) is 0 Å².